The molecular formula is C63H39N3O2. The van der Waals surface area contributed by atoms with E-state index in [1.807, 2.05) is 30.3 Å². The van der Waals surface area contributed by atoms with Crippen LogP contribution in [0.25, 0.3) is 134 Å². The number of nitrogens with zero attached hydrogens (tertiary/aromatic N) is 3. The molecule has 3 heterocycles. The van der Waals surface area contributed by atoms with Gasteiger partial charge in [-0.2, -0.15) is 0 Å². The number of fused-ring (bicyclic) bond motifs is 6. The summed E-state index contributed by atoms with van der Waals surface area (Å²) in [6.45, 7) is 0. The Balaban J connectivity index is 0.958. The highest BCUT2D eigenvalue weighted by Gasteiger charge is 2.20. The summed E-state index contributed by atoms with van der Waals surface area (Å²) < 4.78 is 13.0. The smallest absolute Gasteiger partial charge is 0.164 e. The third-order valence-corrected chi connectivity index (χ3v) is 13.0. The van der Waals surface area contributed by atoms with Crippen molar-refractivity contribution in [1.29, 1.82) is 0 Å². The van der Waals surface area contributed by atoms with E-state index in [0.29, 0.717) is 17.5 Å². The van der Waals surface area contributed by atoms with E-state index >= 15 is 0 Å². The zero-order valence-electron chi connectivity index (χ0n) is 36.7. The molecule has 0 aliphatic carbocycles. The molecule has 68 heavy (non-hydrogen) atoms. The van der Waals surface area contributed by atoms with Crippen molar-refractivity contribution in [3.05, 3.63) is 237 Å². The number of hydrogen-bond acceptors (Lipinski definition) is 5. The van der Waals surface area contributed by atoms with E-state index in [-0.39, 0.29) is 0 Å². The Hall–Kier alpha value is -9.19. The molecule has 318 valence electrons. The molecule has 0 atom stereocenters. The van der Waals surface area contributed by atoms with Crippen LogP contribution in [-0.4, -0.2) is 15.0 Å². The molecule has 0 unspecified atom stereocenters. The normalized spacial score (nSPS) is 11.5. The molecule has 0 saturated carbocycles. The molecule has 5 nitrogen and oxygen atoms in total. The molecular weight excluding hydrogens is 831 g/mol. The third-order valence-electron chi connectivity index (χ3n) is 13.0. The fraction of sp³-hybridized carbons (Fsp3) is 0. The minimum atomic E-state index is 0.550. The van der Waals surface area contributed by atoms with Crippen molar-refractivity contribution in [2.24, 2.45) is 0 Å². The molecule has 0 spiro atoms. The molecule has 10 aromatic carbocycles. The molecule has 0 aliphatic rings. The average molecular weight is 870 g/mol. The van der Waals surface area contributed by atoms with Crippen molar-refractivity contribution in [3.8, 4) is 89.8 Å². The maximum Gasteiger partial charge on any atom is 0.164 e. The van der Waals surface area contributed by atoms with E-state index in [9.17, 15) is 0 Å². The molecule has 0 aliphatic heterocycles. The first-order valence-electron chi connectivity index (χ1n) is 22.8. The fourth-order valence-corrected chi connectivity index (χ4v) is 9.60. The van der Waals surface area contributed by atoms with Crippen LogP contribution in [0.4, 0.5) is 0 Å². The van der Waals surface area contributed by atoms with Crippen LogP contribution in [0.1, 0.15) is 0 Å². The van der Waals surface area contributed by atoms with Crippen LogP contribution in [0.5, 0.6) is 0 Å². The van der Waals surface area contributed by atoms with Gasteiger partial charge in [0, 0.05) is 38.2 Å². The Bertz CT molecular complexity index is 3950. The zero-order chi connectivity index (χ0) is 45.0. The van der Waals surface area contributed by atoms with Crippen molar-refractivity contribution >= 4 is 43.9 Å². The van der Waals surface area contributed by atoms with Crippen molar-refractivity contribution in [3.63, 3.8) is 0 Å². The first-order valence-corrected chi connectivity index (χ1v) is 22.8. The van der Waals surface area contributed by atoms with E-state index in [4.69, 9.17) is 23.8 Å². The Morgan fingerprint density at radius 2 is 0.706 bits per heavy atom. The summed E-state index contributed by atoms with van der Waals surface area (Å²) in [4.78, 5) is 15.7. The first kappa shape index (κ1) is 39.2. The minimum Gasteiger partial charge on any atom is -0.456 e. The number of aromatic nitrogens is 3. The number of hydrogen-bond donors (Lipinski definition) is 0. The highest BCUT2D eigenvalue weighted by molar-refractivity contribution is 6.13. The second-order valence-electron chi connectivity index (χ2n) is 17.1. The summed E-state index contributed by atoms with van der Waals surface area (Å²) in [6, 6.07) is 82.4. The predicted molar refractivity (Wildman–Crippen MR) is 278 cm³/mol. The lowest BCUT2D eigenvalue weighted by Gasteiger charge is -2.13. The van der Waals surface area contributed by atoms with Gasteiger partial charge in [0.05, 0.1) is 0 Å². The maximum absolute atomic E-state index is 6.75. The Kier molecular flexibility index (Phi) is 9.43. The van der Waals surface area contributed by atoms with Gasteiger partial charge >= 0.3 is 0 Å². The van der Waals surface area contributed by atoms with E-state index in [1.165, 1.54) is 11.1 Å². The quantitative estimate of drug-likeness (QED) is 0.152. The molecule has 0 radical (unpaired) electrons. The van der Waals surface area contributed by atoms with E-state index in [0.717, 1.165) is 105 Å². The highest BCUT2D eigenvalue weighted by atomic mass is 16.3. The van der Waals surface area contributed by atoms with Gasteiger partial charge < -0.3 is 8.83 Å². The van der Waals surface area contributed by atoms with E-state index < -0.39 is 0 Å². The van der Waals surface area contributed by atoms with Gasteiger partial charge in [0.25, 0.3) is 0 Å². The van der Waals surface area contributed by atoms with Crippen LogP contribution >= 0.6 is 0 Å². The topological polar surface area (TPSA) is 65.0 Å². The minimum absolute atomic E-state index is 0.550. The standard InChI is InChI=1S/C63H39N3O2/c1-4-15-40(16-5-1)43-27-29-44(30-28-43)61-64-62(66-63(65-61)53-23-11-10-21-50(53)45-32-34-57-55(38-45)52-22-12-13-25-56(52)67-57)46-31-33-54-59(39-46)68-58-26-14-24-51(60(54)58)49-36-47(41-17-6-2-7-18-41)35-48(37-49)42-19-8-3-9-20-42/h1-39H. The van der Waals surface area contributed by atoms with Crippen LogP contribution in [0.2, 0.25) is 0 Å². The predicted octanol–water partition coefficient (Wildman–Crippen LogP) is 17.0. The lowest BCUT2D eigenvalue weighted by molar-refractivity contribution is 0.668. The summed E-state index contributed by atoms with van der Waals surface area (Å²) in [5.74, 6) is 1.70. The summed E-state index contributed by atoms with van der Waals surface area (Å²) in [6.07, 6.45) is 0. The Labute approximate surface area is 392 Å². The van der Waals surface area contributed by atoms with Crippen LogP contribution in [-0.2, 0) is 0 Å². The summed E-state index contributed by atoms with van der Waals surface area (Å²) >= 11 is 0. The van der Waals surface area contributed by atoms with Gasteiger partial charge in [-0.05, 0) is 110 Å². The monoisotopic (exact) mass is 869 g/mol. The Morgan fingerprint density at radius 1 is 0.221 bits per heavy atom. The van der Waals surface area contributed by atoms with Crippen molar-refractivity contribution in [1.82, 2.24) is 15.0 Å². The second-order valence-corrected chi connectivity index (χ2v) is 17.1. The molecule has 5 heteroatoms. The first-order chi connectivity index (χ1) is 33.7. The summed E-state index contributed by atoms with van der Waals surface area (Å²) in [7, 11) is 0. The highest BCUT2D eigenvalue weighted by Crippen LogP contribution is 2.42. The summed E-state index contributed by atoms with van der Waals surface area (Å²) in [5.41, 5.74) is 17.1. The van der Waals surface area contributed by atoms with Gasteiger partial charge in [-0.15, -0.1) is 0 Å². The van der Waals surface area contributed by atoms with Gasteiger partial charge in [0.2, 0.25) is 0 Å². The summed E-state index contributed by atoms with van der Waals surface area (Å²) in [5, 5.41) is 4.22. The Morgan fingerprint density at radius 3 is 1.43 bits per heavy atom. The zero-order valence-corrected chi connectivity index (χ0v) is 36.7. The second kappa shape index (κ2) is 16.4. The molecule has 0 bridgehead atoms. The molecule has 0 fully saturated rings. The lowest BCUT2D eigenvalue weighted by atomic mass is 9.91. The van der Waals surface area contributed by atoms with Crippen molar-refractivity contribution in [2.45, 2.75) is 0 Å². The van der Waals surface area contributed by atoms with Gasteiger partial charge in [-0.1, -0.05) is 182 Å². The van der Waals surface area contributed by atoms with Crippen molar-refractivity contribution in [2.75, 3.05) is 0 Å². The molecule has 3 aromatic heterocycles. The lowest BCUT2D eigenvalue weighted by Crippen LogP contribution is -2.01. The third kappa shape index (κ3) is 7.02. The number of benzene rings is 10. The largest absolute Gasteiger partial charge is 0.456 e. The van der Waals surface area contributed by atoms with Crippen molar-refractivity contribution < 1.29 is 8.83 Å². The molecule has 0 saturated heterocycles. The van der Waals surface area contributed by atoms with Gasteiger partial charge in [0.15, 0.2) is 17.5 Å². The fourth-order valence-electron chi connectivity index (χ4n) is 9.60. The van der Waals surface area contributed by atoms with Crippen LogP contribution in [0.15, 0.2) is 245 Å². The maximum atomic E-state index is 6.75. The molecule has 0 amide bonds. The number of furan rings is 2. The molecule has 0 N–H and O–H groups in total. The van der Waals surface area contributed by atoms with Crippen LogP contribution in [0.3, 0.4) is 0 Å². The van der Waals surface area contributed by atoms with Gasteiger partial charge in [0.1, 0.15) is 22.3 Å². The van der Waals surface area contributed by atoms with Crippen LogP contribution < -0.4 is 0 Å². The number of rotatable bonds is 8. The van der Waals surface area contributed by atoms with Crippen LogP contribution in [0, 0.1) is 0 Å². The van der Waals surface area contributed by atoms with E-state index in [2.05, 4.69) is 206 Å². The number of para-hydroxylation sites is 1. The molecule has 13 rings (SSSR count). The average Bonchev–Trinajstić information content (AvgIpc) is 3.99. The van der Waals surface area contributed by atoms with Gasteiger partial charge in [-0.3, -0.25) is 0 Å². The van der Waals surface area contributed by atoms with E-state index in [1.54, 1.807) is 0 Å². The van der Waals surface area contributed by atoms with Gasteiger partial charge in [-0.25, -0.2) is 15.0 Å². The molecule has 13 aromatic rings. The SMILES string of the molecule is c1ccc(-c2ccc(-c3nc(-c4ccc5c(c4)oc4cccc(-c6cc(-c7ccccc7)cc(-c7ccccc7)c6)c45)nc(-c4ccccc4-c4ccc5oc6ccccc6c5c4)n3)cc2)cc1.